The van der Waals surface area contributed by atoms with Crippen LogP contribution in [0.1, 0.15) is 45.2 Å². The summed E-state index contributed by atoms with van der Waals surface area (Å²) in [7, 11) is 0. The van der Waals surface area contributed by atoms with Gasteiger partial charge in [-0.2, -0.15) is 0 Å². The zero-order valence-corrected chi connectivity index (χ0v) is 27.3. The first-order valence-corrected chi connectivity index (χ1v) is 15.1. The summed E-state index contributed by atoms with van der Waals surface area (Å²) in [6, 6.07) is 6.00. The number of carboxylic acids is 1. The lowest BCUT2D eigenvalue weighted by Crippen LogP contribution is -2.58. The molecule has 2 aromatic rings. The lowest BCUT2D eigenvalue weighted by Gasteiger charge is -2.27. The molecule has 0 aromatic heterocycles. The fourth-order valence-electron chi connectivity index (χ4n) is 4.22. The lowest BCUT2D eigenvalue weighted by molar-refractivity contribution is -0.141. The van der Waals surface area contributed by atoms with Gasteiger partial charge in [0.1, 0.15) is 36.5 Å². The van der Waals surface area contributed by atoms with E-state index in [0.29, 0.717) is 21.2 Å². The van der Waals surface area contributed by atoms with Gasteiger partial charge in [-0.1, -0.05) is 55.2 Å². The Morgan fingerprint density at radius 2 is 1.41 bits per heavy atom. The minimum atomic E-state index is -1.47. The molecule has 2 rings (SSSR count). The number of halogens is 2. The van der Waals surface area contributed by atoms with Crippen LogP contribution in [-0.4, -0.2) is 76.4 Å². The number of phenols is 1. The number of phenolic OH excluding ortho intramolecular Hbond substituents is 1. The van der Waals surface area contributed by atoms with Gasteiger partial charge >= 0.3 is 5.97 Å². The summed E-state index contributed by atoms with van der Waals surface area (Å²) in [4.78, 5) is 75.3. The lowest BCUT2D eigenvalue weighted by atomic mass is 10.0. The van der Waals surface area contributed by atoms with Crippen molar-refractivity contribution in [2.45, 2.75) is 71.3 Å². The monoisotopic (exact) mass is 680 g/mol. The van der Waals surface area contributed by atoms with E-state index in [4.69, 9.17) is 27.9 Å². The van der Waals surface area contributed by atoms with E-state index in [1.807, 2.05) is 0 Å². The van der Waals surface area contributed by atoms with Crippen LogP contribution in [0.4, 0.5) is 0 Å². The molecule has 13 nitrogen and oxygen atoms in total. The molecule has 0 aliphatic heterocycles. The number of aliphatic carboxylic acids is 1. The van der Waals surface area contributed by atoms with Crippen LogP contribution in [0.25, 0.3) is 0 Å². The maximum absolute atomic E-state index is 13.2. The van der Waals surface area contributed by atoms with Crippen molar-refractivity contribution in [1.82, 2.24) is 21.3 Å². The summed E-state index contributed by atoms with van der Waals surface area (Å²) in [6.07, 6.45) is -0.664. The summed E-state index contributed by atoms with van der Waals surface area (Å²) in [5.74, 6) is -5.20. The van der Waals surface area contributed by atoms with Crippen molar-refractivity contribution < 1.29 is 43.7 Å². The van der Waals surface area contributed by atoms with Gasteiger partial charge in [-0.25, -0.2) is 0 Å². The van der Waals surface area contributed by atoms with Crippen LogP contribution in [0.5, 0.6) is 5.75 Å². The smallest absolute Gasteiger partial charge is 0.305 e. The molecule has 0 radical (unpaired) electrons. The Morgan fingerprint density at radius 1 is 0.804 bits per heavy atom. The number of benzene rings is 2. The Labute approximate surface area is 276 Å². The van der Waals surface area contributed by atoms with Crippen molar-refractivity contribution in [3.05, 3.63) is 63.6 Å². The van der Waals surface area contributed by atoms with Crippen LogP contribution in [0, 0.1) is 5.92 Å². The second-order valence-corrected chi connectivity index (χ2v) is 11.7. The van der Waals surface area contributed by atoms with Crippen LogP contribution in [0.3, 0.4) is 0 Å². The number of ketones is 1. The number of rotatable bonds is 17. The number of nitrogens with one attached hydrogen (secondary N) is 4. The zero-order valence-electron chi connectivity index (χ0n) is 25.8. The maximum atomic E-state index is 13.2. The largest absolute Gasteiger partial charge is 0.508 e. The highest BCUT2D eigenvalue weighted by Gasteiger charge is 2.31. The highest BCUT2D eigenvalue weighted by Crippen LogP contribution is 2.24. The van der Waals surface area contributed by atoms with Crippen LogP contribution >= 0.6 is 23.2 Å². The molecule has 0 spiro atoms. The van der Waals surface area contributed by atoms with E-state index in [1.165, 1.54) is 26.0 Å². The molecular formula is C31H38Cl2N4O9. The van der Waals surface area contributed by atoms with Crippen molar-refractivity contribution in [3.63, 3.8) is 0 Å². The Balaban J connectivity index is 2.04. The third-order valence-electron chi connectivity index (χ3n) is 6.71. The van der Waals surface area contributed by atoms with Crippen molar-refractivity contribution in [1.29, 1.82) is 0 Å². The summed E-state index contributed by atoms with van der Waals surface area (Å²) < 4.78 is 5.38. The van der Waals surface area contributed by atoms with Crippen LogP contribution in [0.2, 0.25) is 10.0 Å². The van der Waals surface area contributed by atoms with Crippen LogP contribution in [-0.2, 0) is 46.5 Å². The van der Waals surface area contributed by atoms with E-state index in [9.17, 15) is 39.0 Å². The molecule has 2 aromatic carbocycles. The predicted molar refractivity (Wildman–Crippen MR) is 169 cm³/mol. The molecule has 0 aliphatic rings. The Morgan fingerprint density at radius 3 is 1.96 bits per heavy atom. The quantitative estimate of drug-likeness (QED) is 0.145. The number of amides is 4. The van der Waals surface area contributed by atoms with Gasteiger partial charge < -0.3 is 36.2 Å². The first-order chi connectivity index (χ1) is 21.6. The molecule has 0 saturated heterocycles. The maximum Gasteiger partial charge on any atom is 0.305 e. The SMILES string of the molecule is CC(=O)N[C@@H](Cc1ccc(O)cc1)C(=O)N[C@H](C(=O)N[C@@H](C)C(=O)N[C@H](CC(=O)O)C(=O)COCc1c(Cl)cccc1Cl)C(C)C. The number of hydrogen-bond donors (Lipinski definition) is 6. The Kier molecular flexibility index (Phi) is 14.9. The molecule has 0 saturated carbocycles. The molecule has 0 unspecified atom stereocenters. The molecule has 4 amide bonds. The third-order valence-corrected chi connectivity index (χ3v) is 7.41. The molecule has 0 aliphatic carbocycles. The topological polar surface area (TPSA) is 200 Å². The average molecular weight is 682 g/mol. The summed E-state index contributed by atoms with van der Waals surface area (Å²) in [5.41, 5.74) is 1.08. The molecule has 0 bridgehead atoms. The summed E-state index contributed by atoms with van der Waals surface area (Å²) >= 11 is 12.2. The number of carbonyl (C=O) groups is 6. The van der Waals surface area contributed by atoms with E-state index in [1.54, 1.807) is 44.2 Å². The normalized spacial score (nSPS) is 13.5. The Hall–Kier alpha value is -4.20. The van der Waals surface area contributed by atoms with E-state index >= 15 is 0 Å². The van der Waals surface area contributed by atoms with Crippen molar-refractivity contribution in [3.8, 4) is 5.75 Å². The van der Waals surface area contributed by atoms with Crippen LogP contribution < -0.4 is 21.3 Å². The fourth-order valence-corrected chi connectivity index (χ4v) is 4.73. The number of carbonyl (C=O) groups excluding carboxylic acids is 5. The standard InChI is InChI=1S/C31H38Cl2N4O9/c1-16(2)28(37-30(44)25(35-18(4)38)12-19-8-10-20(39)11-9-19)31(45)34-17(3)29(43)36-24(13-27(41)42)26(40)15-46-14-21-22(32)6-5-7-23(21)33/h5-11,16-17,24-25,28,39H,12-15H2,1-4H3,(H,34,45)(H,35,38)(H,36,43)(H,37,44)(H,41,42)/t17-,24+,25-,28-/m0/s1. The van der Waals surface area contributed by atoms with Crippen molar-refractivity contribution >= 4 is 58.6 Å². The number of ether oxygens (including phenoxy) is 1. The Bertz CT molecular complexity index is 1400. The average Bonchev–Trinajstić information content (AvgIpc) is 2.96. The second-order valence-electron chi connectivity index (χ2n) is 10.9. The number of hydrogen-bond acceptors (Lipinski definition) is 8. The van der Waals surface area contributed by atoms with E-state index in [2.05, 4.69) is 21.3 Å². The molecule has 0 fully saturated rings. The summed E-state index contributed by atoms with van der Waals surface area (Å²) in [6.45, 7) is 5.22. The van der Waals surface area contributed by atoms with Gasteiger partial charge in [0.2, 0.25) is 23.6 Å². The van der Waals surface area contributed by atoms with Crippen LogP contribution in [0.15, 0.2) is 42.5 Å². The zero-order chi connectivity index (χ0) is 34.6. The van der Waals surface area contributed by atoms with Gasteiger partial charge in [-0.15, -0.1) is 0 Å². The number of Topliss-reactive ketones (excluding diaryl/α,β-unsaturated/α-hetero) is 1. The fraction of sp³-hybridized carbons (Fsp3) is 0.419. The molecule has 0 heterocycles. The molecule has 4 atom stereocenters. The molecule has 15 heteroatoms. The van der Waals surface area contributed by atoms with Gasteiger partial charge in [0.25, 0.3) is 0 Å². The van der Waals surface area contributed by atoms with Gasteiger partial charge in [-0.3, -0.25) is 28.8 Å². The van der Waals surface area contributed by atoms with Gasteiger partial charge in [0, 0.05) is 29.0 Å². The van der Waals surface area contributed by atoms with Crippen molar-refractivity contribution in [2.24, 2.45) is 5.92 Å². The van der Waals surface area contributed by atoms with E-state index in [-0.39, 0.29) is 18.8 Å². The first-order valence-electron chi connectivity index (χ1n) is 14.3. The minimum Gasteiger partial charge on any atom is -0.508 e. The van der Waals surface area contributed by atoms with E-state index < -0.39 is 78.5 Å². The number of carboxylic acid groups (broad SMARTS) is 1. The predicted octanol–water partition coefficient (Wildman–Crippen LogP) is 2.14. The third kappa shape index (κ3) is 12.3. The minimum absolute atomic E-state index is 0.0322. The van der Waals surface area contributed by atoms with Gasteiger partial charge in [0.05, 0.1) is 13.0 Å². The van der Waals surface area contributed by atoms with E-state index in [0.717, 1.165) is 0 Å². The number of aromatic hydroxyl groups is 1. The molecular weight excluding hydrogens is 643 g/mol. The molecule has 46 heavy (non-hydrogen) atoms. The summed E-state index contributed by atoms with van der Waals surface area (Å²) in [5, 5.41) is 29.4. The highest BCUT2D eigenvalue weighted by molar-refractivity contribution is 6.35. The highest BCUT2D eigenvalue weighted by atomic mass is 35.5. The first kappa shape index (κ1) is 38.0. The van der Waals surface area contributed by atoms with Gasteiger partial charge in [-0.05, 0) is 42.7 Å². The second kappa shape index (κ2) is 18.1. The molecule has 250 valence electrons. The van der Waals surface area contributed by atoms with Gasteiger partial charge in [0.15, 0.2) is 5.78 Å². The molecule has 6 N–H and O–H groups in total. The van der Waals surface area contributed by atoms with Crippen molar-refractivity contribution in [2.75, 3.05) is 6.61 Å².